The number of rotatable bonds is 2. The van der Waals surface area contributed by atoms with Gasteiger partial charge in [-0.15, -0.1) is 0 Å². The Morgan fingerprint density at radius 2 is 1.68 bits per heavy atom. The highest BCUT2D eigenvalue weighted by Crippen LogP contribution is 1.89. The zero-order valence-electron chi connectivity index (χ0n) is 10.5. The fraction of sp³-hybridized carbons (Fsp3) is 0.167. The number of carbonyl (C=O) groups is 2. The standard InChI is InChI=1S/C6H6N2O2.C6H6N2O/c1-5(9)6-4-8(10)3-2-7-6;1-5(9)6-4-7-2-3-8-6/h2-4H,1H3;2-4H,1H3. The fourth-order valence-electron chi connectivity index (χ4n) is 1.04. The van der Waals surface area contributed by atoms with Crippen molar-refractivity contribution in [2.45, 2.75) is 13.8 Å². The maximum atomic E-state index is 10.6. The Hall–Kier alpha value is -2.70. The average Bonchev–Trinajstić information content (AvgIpc) is 2.40. The molecule has 0 bridgehead atoms. The molecule has 0 unspecified atom stereocenters. The first-order chi connectivity index (χ1) is 9.00. The molecule has 2 heterocycles. The summed E-state index contributed by atoms with van der Waals surface area (Å²) in [7, 11) is 0. The van der Waals surface area contributed by atoms with Gasteiger partial charge in [0, 0.05) is 26.2 Å². The summed E-state index contributed by atoms with van der Waals surface area (Å²) >= 11 is 0. The first-order valence-electron chi connectivity index (χ1n) is 5.33. The molecular formula is C12H12N4O3. The summed E-state index contributed by atoms with van der Waals surface area (Å²) < 4.78 is 0.545. The lowest BCUT2D eigenvalue weighted by molar-refractivity contribution is -0.606. The molecule has 0 atom stereocenters. The molecule has 0 N–H and O–H groups in total. The van der Waals surface area contributed by atoms with Gasteiger partial charge in [-0.05, 0) is 0 Å². The van der Waals surface area contributed by atoms with E-state index < -0.39 is 0 Å². The SMILES string of the molecule is CC(=O)c1c[n+]([O-])ccn1.CC(=O)c1cnccn1. The minimum atomic E-state index is -0.204. The second-order valence-electron chi connectivity index (χ2n) is 3.50. The van der Waals surface area contributed by atoms with Gasteiger partial charge >= 0.3 is 0 Å². The molecule has 19 heavy (non-hydrogen) atoms. The summed E-state index contributed by atoms with van der Waals surface area (Å²) in [6.45, 7) is 2.83. The van der Waals surface area contributed by atoms with Gasteiger partial charge in [0.1, 0.15) is 5.69 Å². The smallest absolute Gasteiger partial charge is 0.209 e. The van der Waals surface area contributed by atoms with E-state index >= 15 is 0 Å². The molecule has 0 amide bonds. The number of ketones is 2. The molecule has 7 heteroatoms. The van der Waals surface area contributed by atoms with Crippen LogP contribution in [-0.4, -0.2) is 26.5 Å². The van der Waals surface area contributed by atoms with Gasteiger partial charge in [-0.25, -0.2) is 9.97 Å². The largest absolute Gasteiger partial charge is 0.619 e. The van der Waals surface area contributed by atoms with Gasteiger partial charge in [0.05, 0.1) is 12.4 Å². The van der Waals surface area contributed by atoms with Crippen molar-refractivity contribution in [1.29, 1.82) is 0 Å². The van der Waals surface area contributed by atoms with E-state index in [-0.39, 0.29) is 17.3 Å². The normalized spacial score (nSPS) is 9.16. The monoisotopic (exact) mass is 260 g/mol. The van der Waals surface area contributed by atoms with Crippen molar-refractivity contribution in [2.24, 2.45) is 0 Å². The zero-order valence-corrected chi connectivity index (χ0v) is 10.5. The Labute approximate surface area is 109 Å². The van der Waals surface area contributed by atoms with Crippen molar-refractivity contribution in [3.05, 3.63) is 53.8 Å². The second-order valence-corrected chi connectivity index (χ2v) is 3.50. The number of nitrogens with zero attached hydrogens (tertiary/aromatic N) is 4. The molecule has 0 fully saturated rings. The quantitative estimate of drug-likeness (QED) is 0.445. The van der Waals surface area contributed by atoms with Crippen LogP contribution in [0, 0.1) is 5.21 Å². The van der Waals surface area contributed by atoms with E-state index in [9.17, 15) is 14.8 Å². The Balaban J connectivity index is 0.000000191. The van der Waals surface area contributed by atoms with Gasteiger partial charge in [0.25, 0.3) is 0 Å². The van der Waals surface area contributed by atoms with Crippen LogP contribution in [0.1, 0.15) is 34.8 Å². The first kappa shape index (κ1) is 14.4. The molecule has 0 aliphatic heterocycles. The highest BCUT2D eigenvalue weighted by Gasteiger charge is 2.02. The molecule has 2 aromatic rings. The van der Waals surface area contributed by atoms with Crippen LogP contribution in [-0.2, 0) is 0 Å². The summed E-state index contributed by atoms with van der Waals surface area (Å²) in [6.07, 6.45) is 8.14. The average molecular weight is 260 g/mol. The molecule has 0 aliphatic carbocycles. The summed E-state index contributed by atoms with van der Waals surface area (Å²) in [5, 5.41) is 10.5. The van der Waals surface area contributed by atoms with E-state index in [1.807, 2.05) is 0 Å². The highest BCUT2D eigenvalue weighted by molar-refractivity contribution is 5.91. The van der Waals surface area contributed by atoms with Gasteiger partial charge in [0.15, 0.2) is 23.5 Å². The van der Waals surface area contributed by atoms with E-state index in [1.165, 1.54) is 44.8 Å². The van der Waals surface area contributed by atoms with E-state index in [1.54, 1.807) is 0 Å². The molecule has 0 spiro atoms. The van der Waals surface area contributed by atoms with E-state index in [0.29, 0.717) is 10.4 Å². The number of hydrogen-bond acceptors (Lipinski definition) is 6. The fourth-order valence-corrected chi connectivity index (χ4v) is 1.04. The summed E-state index contributed by atoms with van der Waals surface area (Å²) in [5.41, 5.74) is 0.606. The van der Waals surface area contributed by atoms with Gasteiger partial charge in [-0.1, -0.05) is 0 Å². The maximum Gasteiger partial charge on any atom is 0.209 e. The minimum Gasteiger partial charge on any atom is -0.619 e. The van der Waals surface area contributed by atoms with Crippen LogP contribution < -0.4 is 4.73 Å². The number of aromatic nitrogens is 4. The Morgan fingerprint density at radius 1 is 1.05 bits per heavy atom. The molecule has 2 aromatic heterocycles. The number of carbonyl (C=O) groups excluding carboxylic acids is 2. The molecule has 0 saturated carbocycles. The Bertz CT molecular complexity index is 572. The molecule has 7 nitrogen and oxygen atoms in total. The third kappa shape index (κ3) is 4.99. The first-order valence-corrected chi connectivity index (χ1v) is 5.33. The van der Waals surface area contributed by atoms with Crippen LogP contribution in [0.2, 0.25) is 0 Å². The van der Waals surface area contributed by atoms with Crippen molar-refractivity contribution < 1.29 is 14.3 Å². The molecule has 0 radical (unpaired) electrons. The summed E-state index contributed by atoms with van der Waals surface area (Å²) in [4.78, 5) is 32.3. The van der Waals surface area contributed by atoms with Crippen LogP contribution in [0.15, 0.2) is 37.2 Å². The van der Waals surface area contributed by atoms with Crippen molar-refractivity contribution in [3.8, 4) is 0 Å². The van der Waals surface area contributed by atoms with Crippen molar-refractivity contribution >= 4 is 11.6 Å². The van der Waals surface area contributed by atoms with Crippen LogP contribution in [0.5, 0.6) is 0 Å². The lowest BCUT2D eigenvalue weighted by atomic mass is 10.3. The van der Waals surface area contributed by atoms with Crippen LogP contribution >= 0.6 is 0 Å². The maximum absolute atomic E-state index is 10.6. The number of Topliss-reactive ketones (excluding diaryl/α,β-unsaturated/α-hetero) is 2. The second kappa shape index (κ2) is 6.90. The molecule has 98 valence electrons. The zero-order chi connectivity index (χ0) is 14.3. The lowest BCUT2D eigenvalue weighted by Gasteiger charge is -1.94. The molecular weight excluding hydrogens is 248 g/mol. The molecule has 2 rings (SSSR count). The Morgan fingerprint density at radius 3 is 2.05 bits per heavy atom. The predicted octanol–water partition coefficient (Wildman–Crippen LogP) is 0.597. The van der Waals surface area contributed by atoms with Gasteiger partial charge < -0.3 is 5.21 Å². The third-order valence-electron chi connectivity index (χ3n) is 1.96. The highest BCUT2D eigenvalue weighted by atomic mass is 16.5. The third-order valence-corrected chi connectivity index (χ3v) is 1.96. The van der Waals surface area contributed by atoms with E-state index in [2.05, 4.69) is 15.0 Å². The summed E-state index contributed by atoms with van der Waals surface area (Å²) in [6, 6.07) is 0. The topological polar surface area (TPSA) is 99.8 Å². The van der Waals surface area contributed by atoms with Crippen molar-refractivity contribution in [2.75, 3.05) is 0 Å². The van der Waals surface area contributed by atoms with E-state index in [0.717, 1.165) is 6.20 Å². The van der Waals surface area contributed by atoms with Gasteiger partial charge in [0.2, 0.25) is 6.20 Å². The van der Waals surface area contributed by atoms with Crippen LogP contribution in [0.4, 0.5) is 0 Å². The summed E-state index contributed by atoms with van der Waals surface area (Å²) in [5.74, 6) is -0.256. The Kier molecular flexibility index (Phi) is 5.21. The van der Waals surface area contributed by atoms with Crippen LogP contribution in [0.25, 0.3) is 0 Å². The van der Waals surface area contributed by atoms with E-state index in [4.69, 9.17) is 0 Å². The lowest BCUT2D eigenvalue weighted by Crippen LogP contribution is -2.26. The van der Waals surface area contributed by atoms with Crippen molar-refractivity contribution in [3.63, 3.8) is 0 Å². The van der Waals surface area contributed by atoms with Crippen molar-refractivity contribution in [1.82, 2.24) is 15.0 Å². The number of hydrogen-bond donors (Lipinski definition) is 0. The van der Waals surface area contributed by atoms with Gasteiger partial charge in [-0.3, -0.25) is 14.6 Å². The van der Waals surface area contributed by atoms with Gasteiger partial charge in [-0.2, -0.15) is 4.73 Å². The molecule has 0 aliphatic rings. The van der Waals surface area contributed by atoms with Crippen LogP contribution in [0.3, 0.4) is 0 Å². The minimum absolute atomic E-state index is 0.0527. The predicted molar refractivity (Wildman–Crippen MR) is 65.2 cm³/mol. The molecule has 0 saturated heterocycles. The molecule has 0 aromatic carbocycles.